The van der Waals surface area contributed by atoms with Crippen LogP contribution in [0.1, 0.15) is 38.5 Å². The second-order valence-electron chi connectivity index (χ2n) is 6.96. The van der Waals surface area contributed by atoms with Gasteiger partial charge in [0.2, 0.25) is 0 Å². The van der Waals surface area contributed by atoms with Crippen molar-refractivity contribution in [3.63, 3.8) is 0 Å². The van der Waals surface area contributed by atoms with Gasteiger partial charge in [-0.15, -0.1) is 0 Å². The highest BCUT2D eigenvalue weighted by atomic mass is 16.7. The summed E-state index contributed by atoms with van der Waals surface area (Å²) in [6, 6.07) is -0.396. The van der Waals surface area contributed by atoms with Crippen LogP contribution < -0.4 is 5.73 Å². The highest BCUT2D eigenvalue weighted by molar-refractivity contribution is 5.80. The molecule has 4 aliphatic carbocycles. The molecule has 1 amide bonds. The van der Waals surface area contributed by atoms with Crippen molar-refractivity contribution in [2.24, 2.45) is 35.3 Å². The van der Waals surface area contributed by atoms with E-state index in [4.69, 9.17) is 10.6 Å². The number of hydroxylamine groups is 2. The topological polar surface area (TPSA) is 55.6 Å². The van der Waals surface area contributed by atoms with Crippen LogP contribution >= 0.6 is 0 Å². The molecule has 0 saturated heterocycles. The van der Waals surface area contributed by atoms with Crippen LogP contribution in [0.5, 0.6) is 0 Å². The van der Waals surface area contributed by atoms with E-state index in [1.807, 2.05) is 0 Å². The van der Waals surface area contributed by atoms with Crippen molar-refractivity contribution in [3.8, 4) is 0 Å². The van der Waals surface area contributed by atoms with E-state index >= 15 is 0 Å². The first-order valence-corrected chi connectivity index (χ1v) is 7.65. The molecule has 4 aliphatic rings. The maximum absolute atomic E-state index is 12.0. The van der Waals surface area contributed by atoms with Crippen LogP contribution in [0.4, 0.5) is 0 Å². The summed E-state index contributed by atoms with van der Waals surface area (Å²) in [6.07, 6.45) is 7.87. The first kappa shape index (κ1) is 13.4. The Labute approximate surface area is 115 Å². The Morgan fingerprint density at radius 2 is 1.74 bits per heavy atom. The largest absolute Gasteiger partial charge is 0.320 e. The Bertz CT molecular complexity index is 330. The van der Waals surface area contributed by atoms with Gasteiger partial charge in [0.25, 0.3) is 5.91 Å². The summed E-state index contributed by atoms with van der Waals surface area (Å²) in [4.78, 5) is 17.0. The van der Waals surface area contributed by atoms with Crippen LogP contribution in [-0.4, -0.2) is 31.2 Å². The van der Waals surface area contributed by atoms with Crippen molar-refractivity contribution >= 4 is 5.91 Å². The zero-order valence-corrected chi connectivity index (χ0v) is 12.0. The van der Waals surface area contributed by atoms with Gasteiger partial charge in [-0.25, -0.2) is 5.06 Å². The van der Waals surface area contributed by atoms with Crippen molar-refractivity contribution in [2.75, 3.05) is 14.2 Å². The summed E-state index contributed by atoms with van der Waals surface area (Å²) in [5.74, 6) is 4.22. The number of rotatable bonds is 4. The van der Waals surface area contributed by atoms with Gasteiger partial charge in [-0.3, -0.25) is 9.63 Å². The van der Waals surface area contributed by atoms with E-state index < -0.39 is 6.04 Å². The zero-order chi connectivity index (χ0) is 13.6. The monoisotopic (exact) mass is 266 g/mol. The third-order valence-electron chi connectivity index (χ3n) is 5.85. The number of nitrogens with two attached hydrogens (primary N) is 1. The highest BCUT2D eigenvalue weighted by Gasteiger charge is 2.48. The third-order valence-corrected chi connectivity index (χ3v) is 5.85. The molecule has 0 heterocycles. The molecule has 4 bridgehead atoms. The van der Waals surface area contributed by atoms with Gasteiger partial charge in [-0.2, -0.15) is 0 Å². The number of carbonyl (C=O) groups is 1. The predicted octanol–water partition coefficient (Wildman–Crippen LogP) is 1.80. The number of amides is 1. The standard InChI is InChI=1S/C15H26N2O2/c1-17(19-2)15(18)14(16)8-13-11-4-9-3-10(6-11)7-12(13)5-9/h9-14H,3-8,16H2,1-2H3. The molecule has 0 aromatic rings. The Hall–Kier alpha value is -0.610. The van der Waals surface area contributed by atoms with Crippen molar-refractivity contribution in [1.82, 2.24) is 5.06 Å². The van der Waals surface area contributed by atoms with Gasteiger partial charge in [0.1, 0.15) is 0 Å². The number of carbonyl (C=O) groups excluding carboxylic acids is 1. The lowest BCUT2D eigenvalue weighted by Gasteiger charge is -2.55. The van der Waals surface area contributed by atoms with Gasteiger partial charge in [0.05, 0.1) is 13.2 Å². The summed E-state index contributed by atoms with van der Waals surface area (Å²) in [6.45, 7) is 0. The normalized spacial score (nSPS) is 41.3. The highest BCUT2D eigenvalue weighted by Crippen LogP contribution is 2.57. The molecule has 19 heavy (non-hydrogen) atoms. The molecule has 0 aromatic carbocycles. The summed E-state index contributed by atoms with van der Waals surface area (Å²) in [7, 11) is 3.15. The molecule has 4 saturated carbocycles. The number of hydrogen-bond donors (Lipinski definition) is 1. The molecule has 0 spiro atoms. The minimum atomic E-state index is -0.396. The van der Waals surface area contributed by atoms with Gasteiger partial charge in [-0.05, 0) is 68.1 Å². The Morgan fingerprint density at radius 1 is 1.21 bits per heavy atom. The average Bonchev–Trinajstić information content (AvgIpc) is 2.40. The van der Waals surface area contributed by atoms with Gasteiger partial charge in [0, 0.05) is 7.05 Å². The van der Waals surface area contributed by atoms with E-state index in [1.54, 1.807) is 7.05 Å². The molecule has 2 N–H and O–H groups in total. The maximum atomic E-state index is 12.0. The molecule has 1 atom stereocenters. The molecule has 0 aliphatic heterocycles. The van der Waals surface area contributed by atoms with Gasteiger partial charge >= 0.3 is 0 Å². The minimum Gasteiger partial charge on any atom is -0.320 e. The third kappa shape index (κ3) is 2.40. The molecule has 4 nitrogen and oxygen atoms in total. The maximum Gasteiger partial charge on any atom is 0.262 e. The minimum absolute atomic E-state index is 0.0868. The molecule has 108 valence electrons. The summed E-state index contributed by atoms with van der Waals surface area (Å²) < 4.78 is 0. The van der Waals surface area contributed by atoms with E-state index in [0.29, 0.717) is 5.92 Å². The molecule has 0 aromatic heterocycles. The van der Waals surface area contributed by atoms with E-state index in [-0.39, 0.29) is 5.91 Å². The van der Waals surface area contributed by atoms with Crippen LogP contribution in [0.3, 0.4) is 0 Å². The predicted molar refractivity (Wildman–Crippen MR) is 72.9 cm³/mol. The smallest absolute Gasteiger partial charge is 0.262 e. The van der Waals surface area contributed by atoms with Crippen molar-refractivity contribution in [2.45, 2.75) is 44.6 Å². The average molecular weight is 266 g/mol. The number of nitrogens with zero attached hydrogens (tertiary/aromatic N) is 1. The number of hydrogen-bond acceptors (Lipinski definition) is 3. The SMILES string of the molecule is CON(C)C(=O)C(N)CC1C2CC3CC(C2)CC1C3. The fourth-order valence-corrected chi connectivity index (χ4v) is 5.14. The molecular weight excluding hydrogens is 240 g/mol. The van der Waals surface area contributed by atoms with Crippen LogP contribution in [0.2, 0.25) is 0 Å². The van der Waals surface area contributed by atoms with Gasteiger partial charge in [-0.1, -0.05) is 0 Å². The second kappa shape index (κ2) is 5.06. The fraction of sp³-hybridized carbons (Fsp3) is 0.933. The van der Waals surface area contributed by atoms with Gasteiger partial charge in [0.15, 0.2) is 0 Å². The Kier molecular flexibility index (Phi) is 3.56. The van der Waals surface area contributed by atoms with E-state index in [2.05, 4.69) is 0 Å². The Morgan fingerprint density at radius 3 is 2.21 bits per heavy atom. The summed E-state index contributed by atoms with van der Waals surface area (Å²) >= 11 is 0. The zero-order valence-electron chi connectivity index (χ0n) is 12.0. The molecule has 4 heteroatoms. The molecular formula is C15H26N2O2. The molecule has 0 radical (unpaired) electrons. The Balaban J connectivity index is 1.62. The van der Waals surface area contributed by atoms with Gasteiger partial charge < -0.3 is 5.73 Å². The lowest BCUT2D eigenvalue weighted by molar-refractivity contribution is -0.171. The quantitative estimate of drug-likeness (QED) is 0.789. The molecule has 4 fully saturated rings. The first-order valence-electron chi connectivity index (χ1n) is 7.65. The van der Waals surface area contributed by atoms with E-state index in [9.17, 15) is 4.79 Å². The summed E-state index contributed by atoms with van der Waals surface area (Å²) in [5.41, 5.74) is 6.10. The van der Waals surface area contributed by atoms with Crippen molar-refractivity contribution in [3.05, 3.63) is 0 Å². The van der Waals surface area contributed by atoms with E-state index in [1.165, 1.54) is 44.3 Å². The lowest BCUT2D eigenvalue weighted by Crippen LogP contribution is -2.49. The summed E-state index contributed by atoms with van der Waals surface area (Å²) in [5, 5.41) is 1.26. The van der Waals surface area contributed by atoms with Crippen LogP contribution in [-0.2, 0) is 9.63 Å². The van der Waals surface area contributed by atoms with Crippen molar-refractivity contribution in [1.29, 1.82) is 0 Å². The van der Waals surface area contributed by atoms with E-state index in [0.717, 1.165) is 30.1 Å². The first-order chi connectivity index (χ1) is 9.08. The van der Waals surface area contributed by atoms with Crippen LogP contribution in [0.15, 0.2) is 0 Å². The second-order valence-corrected chi connectivity index (χ2v) is 6.96. The van der Waals surface area contributed by atoms with Crippen molar-refractivity contribution < 1.29 is 9.63 Å². The van der Waals surface area contributed by atoms with Crippen LogP contribution in [0.25, 0.3) is 0 Å². The fourth-order valence-electron chi connectivity index (χ4n) is 5.14. The molecule has 1 unspecified atom stereocenters. The lowest BCUT2D eigenvalue weighted by atomic mass is 9.51. The molecule has 4 rings (SSSR count). The van der Waals surface area contributed by atoms with Crippen LogP contribution in [0, 0.1) is 29.6 Å². The number of likely N-dealkylation sites (N-methyl/N-ethyl adjacent to an activating group) is 1.